The van der Waals surface area contributed by atoms with Crippen LogP contribution in [-0.4, -0.2) is 10.9 Å². The predicted octanol–water partition coefficient (Wildman–Crippen LogP) is -0.358. The van der Waals surface area contributed by atoms with E-state index >= 15 is 0 Å². The summed E-state index contributed by atoms with van der Waals surface area (Å²) >= 11 is 0. The number of carbonyl (C=O) groups excluding carboxylic acids is 1. The van der Waals surface area contributed by atoms with Gasteiger partial charge in [-0.3, -0.25) is 5.06 Å². The number of rotatable bonds is 1. The van der Waals surface area contributed by atoms with E-state index in [1.165, 1.54) is 19.2 Å². The highest BCUT2D eigenvalue weighted by Crippen LogP contribution is 1.91. The average Bonchev–Trinajstić information content (AvgIpc) is 2.05. The van der Waals surface area contributed by atoms with Crippen LogP contribution in [0.2, 0.25) is 0 Å². The maximum Gasteiger partial charge on any atom is 0.315 e. The minimum absolute atomic E-state index is 0.208. The van der Waals surface area contributed by atoms with Crippen molar-refractivity contribution in [3.8, 4) is 0 Å². The number of nitrogens with one attached hydrogen (secondary N) is 1. The Balaban J connectivity index is 2.85. The number of hydroxylamine groups is 1. The number of hydrogen-bond donors (Lipinski definition) is 1. The Morgan fingerprint density at radius 2 is 2.36 bits per heavy atom. The van der Waals surface area contributed by atoms with E-state index in [1.807, 2.05) is 0 Å². The zero-order valence-electron chi connectivity index (χ0n) is 6.07. The van der Waals surface area contributed by atoms with Gasteiger partial charge in [-0.1, -0.05) is 6.07 Å². The van der Waals surface area contributed by atoms with Crippen LogP contribution in [-0.2, 0) is 4.79 Å². The molecule has 0 radical (unpaired) electrons. The van der Waals surface area contributed by atoms with E-state index in [-0.39, 0.29) is 5.82 Å². The summed E-state index contributed by atoms with van der Waals surface area (Å²) in [6, 6.07) is 4.88. The lowest BCUT2D eigenvalue weighted by Gasteiger charge is -2.14. The van der Waals surface area contributed by atoms with Gasteiger partial charge in [-0.05, 0) is 6.07 Å². The molecule has 4 heteroatoms. The first-order valence-electron chi connectivity index (χ1n) is 3.18. The van der Waals surface area contributed by atoms with E-state index < -0.39 is 11.0 Å². The predicted molar refractivity (Wildman–Crippen MR) is 38.9 cm³/mol. The van der Waals surface area contributed by atoms with Crippen molar-refractivity contribution in [1.29, 1.82) is 0 Å². The van der Waals surface area contributed by atoms with Gasteiger partial charge in [0.25, 0.3) is 0 Å². The van der Waals surface area contributed by atoms with Crippen LogP contribution in [0.15, 0.2) is 24.4 Å². The van der Waals surface area contributed by atoms with Crippen molar-refractivity contribution in [2.24, 2.45) is 0 Å². The van der Waals surface area contributed by atoms with Crippen molar-refractivity contribution in [3.05, 3.63) is 29.6 Å². The van der Waals surface area contributed by atoms with Crippen LogP contribution < -0.4 is 5.06 Å². The molecule has 1 unspecified atom stereocenters. The van der Waals surface area contributed by atoms with Crippen molar-refractivity contribution >= 4 is 11.7 Å². The molecular weight excluding hydrogens is 144 g/mol. The van der Waals surface area contributed by atoms with E-state index in [2.05, 4.69) is 4.98 Å². The molecule has 0 aliphatic rings. The quantitative estimate of drug-likeness (QED) is 0.559. The molecule has 0 saturated heterocycles. The maximum atomic E-state index is 10.9. The first kappa shape index (κ1) is 7.84. The van der Waals surface area contributed by atoms with Crippen LogP contribution in [0.3, 0.4) is 0 Å². The third-order valence-electron chi connectivity index (χ3n) is 1.22. The van der Waals surface area contributed by atoms with Gasteiger partial charge >= 0.3 is 5.91 Å². The molecule has 11 heavy (non-hydrogen) atoms. The second kappa shape index (κ2) is 3.23. The Kier molecular flexibility index (Phi) is 2.30. The summed E-state index contributed by atoms with van der Waals surface area (Å²) in [5.41, 5.74) is 0. The fourth-order valence-electron chi connectivity index (χ4n) is 0.677. The third kappa shape index (κ3) is 1.83. The first-order chi connectivity index (χ1) is 5.22. The monoisotopic (exact) mass is 152 g/mol. The molecule has 1 atom stereocenters. The van der Waals surface area contributed by atoms with Crippen LogP contribution in [0.25, 0.3) is 0 Å². The number of quaternary nitrogens is 1. The van der Waals surface area contributed by atoms with Gasteiger partial charge < -0.3 is 5.21 Å². The molecule has 0 aromatic carbocycles. The van der Waals surface area contributed by atoms with Gasteiger partial charge in [0.1, 0.15) is 0 Å². The standard InChI is InChI=1S/C7H8N2O2/c1-6(10)9(11)7-4-2-3-5-8-7/h2-5,9H,1H3. The van der Waals surface area contributed by atoms with E-state index in [0.29, 0.717) is 0 Å². The Morgan fingerprint density at radius 3 is 2.82 bits per heavy atom. The summed E-state index contributed by atoms with van der Waals surface area (Å²) in [6.07, 6.45) is 1.48. The van der Waals surface area contributed by atoms with E-state index in [4.69, 9.17) is 0 Å². The van der Waals surface area contributed by atoms with Crippen LogP contribution in [0.1, 0.15) is 6.92 Å². The Bertz CT molecular complexity index is 248. The second-order valence-electron chi connectivity index (χ2n) is 2.10. The summed E-state index contributed by atoms with van der Waals surface area (Å²) in [4.78, 5) is 14.3. The third-order valence-corrected chi connectivity index (χ3v) is 1.22. The molecule has 1 N–H and O–H groups in total. The molecule has 4 nitrogen and oxygen atoms in total. The molecule has 58 valence electrons. The fraction of sp³-hybridized carbons (Fsp3) is 0.143. The highest BCUT2D eigenvalue weighted by atomic mass is 16.5. The zero-order valence-corrected chi connectivity index (χ0v) is 6.07. The topological polar surface area (TPSA) is 57.5 Å². The number of pyridine rings is 1. The number of carbonyl (C=O) groups is 1. The maximum absolute atomic E-state index is 10.9. The van der Waals surface area contributed by atoms with Gasteiger partial charge in [0, 0.05) is 12.3 Å². The molecule has 1 aromatic rings. The van der Waals surface area contributed by atoms with Crippen molar-refractivity contribution in [2.45, 2.75) is 6.92 Å². The fourth-order valence-corrected chi connectivity index (χ4v) is 0.677. The largest absolute Gasteiger partial charge is 0.620 e. The van der Waals surface area contributed by atoms with Gasteiger partial charge in [-0.15, -0.1) is 0 Å². The number of amides is 1. The van der Waals surface area contributed by atoms with E-state index in [1.54, 1.807) is 12.1 Å². The van der Waals surface area contributed by atoms with Crippen molar-refractivity contribution in [2.75, 3.05) is 0 Å². The highest BCUT2D eigenvalue weighted by molar-refractivity contribution is 5.65. The molecule has 0 bridgehead atoms. The van der Waals surface area contributed by atoms with Gasteiger partial charge in [-0.2, -0.15) is 0 Å². The van der Waals surface area contributed by atoms with Crippen LogP contribution >= 0.6 is 0 Å². The Hall–Kier alpha value is -1.26. The number of nitrogens with zero attached hydrogens (tertiary/aromatic N) is 1. The van der Waals surface area contributed by atoms with Crippen LogP contribution in [0, 0.1) is 5.21 Å². The molecule has 1 aromatic heterocycles. The smallest absolute Gasteiger partial charge is 0.315 e. The summed E-state index contributed by atoms with van der Waals surface area (Å²) in [6.45, 7) is 1.23. The van der Waals surface area contributed by atoms with Gasteiger partial charge in [0.2, 0.25) is 5.82 Å². The Labute approximate surface area is 64.1 Å². The molecule has 0 aliphatic carbocycles. The summed E-state index contributed by atoms with van der Waals surface area (Å²) in [5, 5.41) is 10.4. The van der Waals surface area contributed by atoms with Crippen LogP contribution in [0.5, 0.6) is 0 Å². The lowest BCUT2D eigenvalue weighted by atomic mass is 10.4. The molecule has 1 heterocycles. The van der Waals surface area contributed by atoms with Gasteiger partial charge in [0.05, 0.1) is 6.92 Å². The van der Waals surface area contributed by atoms with Crippen molar-refractivity contribution in [1.82, 2.24) is 4.98 Å². The van der Waals surface area contributed by atoms with Crippen molar-refractivity contribution < 1.29 is 9.86 Å². The summed E-state index contributed by atoms with van der Waals surface area (Å²) < 4.78 is 0. The number of aromatic nitrogens is 1. The molecule has 0 saturated carbocycles. The van der Waals surface area contributed by atoms with Crippen molar-refractivity contribution in [3.63, 3.8) is 0 Å². The molecule has 1 amide bonds. The first-order valence-corrected chi connectivity index (χ1v) is 3.18. The number of hydrogen-bond acceptors (Lipinski definition) is 3. The lowest BCUT2D eigenvalue weighted by Crippen LogP contribution is -3.04. The van der Waals surface area contributed by atoms with E-state index in [9.17, 15) is 10.0 Å². The van der Waals surface area contributed by atoms with Crippen LogP contribution in [0.4, 0.5) is 5.82 Å². The molecule has 0 spiro atoms. The van der Waals surface area contributed by atoms with E-state index in [0.717, 1.165) is 0 Å². The normalized spacial score (nSPS) is 12.5. The molecule has 0 fully saturated rings. The molecular formula is C7H8N2O2. The highest BCUT2D eigenvalue weighted by Gasteiger charge is 2.06. The minimum atomic E-state index is -0.536. The molecule has 0 aliphatic heterocycles. The second-order valence-corrected chi connectivity index (χ2v) is 2.10. The lowest BCUT2D eigenvalue weighted by molar-refractivity contribution is -0.691. The zero-order chi connectivity index (χ0) is 8.27. The summed E-state index contributed by atoms with van der Waals surface area (Å²) in [5.74, 6) is -0.274. The Morgan fingerprint density at radius 1 is 1.64 bits per heavy atom. The summed E-state index contributed by atoms with van der Waals surface area (Å²) in [7, 11) is 0. The van der Waals surface area contributed by atoms with Gasteiger partial charge in [-0.25, -0.2) is 9.78 Å². The molecule has 1 rings (SSSR count). The SMILES string of the molecule is CC(=O)[NH+]([O-])c1ccccn1. The average molecular weight is 152 g/mol. The minimum Gasteiger partial charge on any atom is -0.620 e. The van der Waals surface area contributed by atoms with Gasteiger partial charge in [0.15, 0.2) is 0 Å².